The van der Waals surface area contributed by atoms with Gasteiger partial charge >= 0.3 is 28.4 Å². The Hall–Kier alpha value is -1.33. The second-order valence-electron chi connectivity index (χ2n) is 1.61. The van der Waals surface area contributed by atoms with Gasteiger partial charge in [0.1, 0.15) is 13.2 Å². The molecule has 0 saturated heterocycles. The second-order valence-corrected chi connectivity index (χ2v) is 1.61. The molecule has 0 atom stereocenters. The Balaban J connectivity index is 3.21. The number of carbonyl (C=O) groups is 2. The van der Waals surface area contributed by atoms with Crippen molar-refractivity contribution in [1.82, 2.24) is 0 Å². The van der Waals surface area contributed by atoms with Crippen LogP contribution in [0.2, 0.25) is 0 Å². The molecule has 0 heterocycles. The summed E-state index contributed by atoms with van der Waals surface area (Å²) >= 11 is 0. The van der Waals surface area contributed by atoms with E-state index in [4.69, 9.17) is 0 Å². The lowest BCUT2D eigenvalue weighted by Crippen LogP contribution is -2.14. The van der Waals surface area contributed by atoms with Crippen molar-refractivity contribution < 1.29 is 28.4 Å². The predicted molar refractivity (Wildman–Crippen MR) is 42.0 cm³/mol. The summed E-state index contributed by atoms with van der Waals surface area (Å²) in [6.07, 6.45) is -1.63. The van der Waals surface area contributed by atoms with E-state index >= 15 is 0 Å². The van der Waals surface area contributed by atoms with E-state index in [1.54, 1.807) is 0 Å². The van der Waals surface area contributed by atoms with Gasteiger partial charge < -0.3 is 18.8 Å². The van der Waals surface area contributed by atoms with Crippen LogP contribution in [-0.2, 0) is 18.8 Å². The average Bonchev–Trinajstić information content (AvgIpc) is 2.11. The molecule has 8 heteroatoms. The van der Waals surface area contributed by atoms with Gasteiger partial charge in [0, 0.05) is 0 Å². The van der Waals surface area contributed by atoms with E-state index in [9.17, 15) is 9.59 Å². The van der Waals surface area contributed by atoms with Gasteiger partial charge in [0.2, 0.25) is 0 Å². The Morgan fingerprint density at radius 2 is 1.25 bits per heavy atom. The molecule has 0 N–H and O–H groups in total. The molecule has 0 radical (unpaired) electrons. The molecule has 0 spiro atoms. The zero-order valence-corrected chi connectivity index (χ0v) is 6.86. The van der Waals surface area contributed by atoms with E-state index in [-0.39, 0.29) is 13.2 Å². The monoisotopic (exact) mass is 174 g/mol. The van der Waals surface area contributed by atoms with Gasteiger partial charge in [0.25, 0.3) is 0 Å². The van der Waals surface area contributed by atoms with E-state index < -0.39 is 12.3 Å². The molecule has 66 valence electrons. The number of carbonyl (C=O) groups excluding carboxylic acids is 2. The quantitative estimate of drug-likeness (QED) is 0.291. The molecule has 0 bridgehead atoms. The second kappa shape index (κ2) is 6.38. The topological polar surface area (TPSA) is 71.1 Å². The van der Waals surface area contributed by atoms with E-state index in [1.807, 2.05) is 0 Å². The van der Waals surface area contributed by atoms with Crippen molar-refractivity contribution in [3.8, 4) is 0 Å². The van der Waals surface area contributed by atoms with Crippen LogP contribution in [0.3, 0.4) is 0 Å². The number of rotatable bonds is 3. The van der Waals surface area contributed by atoms with Gasteiger partial charge in [-0.25, -0.2) is 9.59 Å². The molecule has 12 heavy (non-hydrogen) atoms. The van der Waals surface area contributed by atoms with E-state index in [0.29, 0.717) is 0 Å². The Kier molecular flexibility index (Phi) is 5.68. The number of hydrogen-bond donors (Lipinski definition) is 0. The maximum atomic E-state index is 10.3. The summed E-state index contributed by atoms with van der Waals surface area (Å²) in [5.74, 6) is 0. The third kappa shape index (κ3) is 5.45. The fraction of sp³-hybridized carbons (Fsp3) is 0.500. The predicted octanol–water partition coefficient (Wildman–Crippen LogP) is -1.61. The lowest BCUT2D eigenvalue weighted by atomic mass is 10.6. The minimum absolute atomic E-state index is 0.0538. The van der Waals surface area contributed by atoms with Crippen LogP contribution in [-0.4, -0.2) is 41.6 Å². The molecule has 0 aliphatic heterocycles. The molecule has 0 aliphatic carbocycles. The molecular weight excluding hydrogens is 166 g/mol. The van der Waals surface area contributed by atoms with Crippen LogP contribution in [0.5, 0.6) is 0 Å². The molecule has 0 aliphatic rings. The first-order chi connectivity index (χ1) is 5.70. The highest BCUT2D eigenvalue weighted by atomic mass is 16.7. The normalized spacial score (nSPS) is 8.33. The Morgan fingerprint density at radius 3 is 1.50 bits per heavy atom. The molecule has 0 fully saturated rings. The highest BCUT2D eigenvalue weighted by Crippen LogP contribution is 1.84. The van der Waals surface area contributed by atoms with Crippen LogP contribution in [0.4, 0.5) is 9.59 Å². The highest BCUT2D eigenvalue weighted by Gasteiger charge is 2.01. The van der Waals surface area contributed by atoms with Crippen LogP contribution in [0, 0.1) is 0 Å². The SMILES string of the molecule is BOC(=O)OCCOC(=O)OB. The van der Waals surface area contributed by atoms with Gasteiger partial charge in [0.15, 0.2) is 0 Å². The Bertz CT molecular complexity index is 142. The summed E-state index contributed by atoms with van der Waals surface area (Å²) in [7, 11) is 2.37. The first-order valence-corrected chi connectivity index (χ1v) is 3.12. The van der Waals surface area contributed by atoms with Crippen molar-refractivity contribution in [2.45, 2.75) is 0 Å². The van der Waals surface area contributed by atoms with Crippen molar-refractivity contribution in [2.24, 2.45) is 0 Å². The molecule has 0 unspecified atom stereocenters. The maximum absolute atomic E-state index is 10.3. The van der Waals surface area contributed by atoms with Crippen LogP contribution in [0.1, 0.15) is 0 Å². The third-order valence-electron chi connectivity index (χ3n) is 0.856. The number of ether oxygens (including phenoxy) is 2. The van der Waals surface area contributed by atoms with Crippen molar-refractivity contribution >= 4 is 28.4 Å². The lowest BCUT2D eigenvalue weighted by molar-refractivity contribution is 0.0567. The maximum Gasteiger partial charge on any atom is 0.489 e. The smallest absolute Gasteiger partial charge is 0.489 e. The minimum Gasteiger partial charge on any atom is -0.513 e. The van der Waals surface area contributed by atoms with Crippen molar-refractivity contribution in [1.29, 1.82) is 0 Å². The molecule has 0 aromatic heterocycles. The van der Waals surface area contributed by atoms with Crippen molar-refractivity contribution in [3.05, 3.63) is 0 Å². The highest BCUT2D eigenvalue weighted by molar-refractivity contribution is 6.04. The summed E-state index contributed by atoms with van der Waals surface area (Å²) in [6, 6.07) is 0. The van der Waals surface area contributed by atoms with E-state index in [1.165, 1.54) is 16.1 Å². The Morgan fingerprint density at radius 1 is 0.917 bits per heavy atom. The fourth-order valence-electron chi connectivity index (χ4n) is 0.368. The molecular formula is C4H8B2O6. The van der Waals surface area contributed by atoms with Crippen LogP contribution < -0.4 is 0 Å². The zero-order valence-electron chi connectivity index (χ0n) is 6.86. The number of hydrogen-bond acceptors (Lipinski definition) is 6. The Labute approximate surface area is 71.0 Å². The van der Waals surface area contributed by atoms with Gasteiger partial charge in [0.05, 0.1) is 0 Å². The fourth-order valence-corrected chi connectivity index (χ4v) is 0.368. The van der Waals surface area contributed by atoms with Gasteiger partial charge in [-0.15, -0.1) is 0 Å². The van der Waals surface area contributed by atoms with Crippen LogP contribution >= 0.6 is 0 Å². The average molecular weight is 174 g/mol. The standard InChI is InChI=1S/C4H8B2O6/c5-11-3(7)9-1-2-10-4(8)12-6/h1-2,5-6H2. The van der Waals surface area contributed by atoms with Gasteiger partial charge in [-0.1, -0.05) is 0 Å². The summed E-state index contributed by atoms with van der Waals surface area (Å²) in [4.78, 5) is 20.6. The van der Waals surface area contributed by atoms with Crippen molar-refractivity contribution in [3.63, 3.8) is 0 Å². The molecule has 0 rings (SSSR count). The molecule has 0 aromatic carbocycles. The minimum atomic E-state index is -0.816. The lowest BCUT2D eigenvalue weighted by Gasteiger charge is -2.03. The molecule has 0 aromatic rings. The van der Waals surface area contributed by atoms with Crippen LogP contribution in [0.25, 0.3) is 0 Å². The van der Waals surface area contributed by atoms with Gasteiger partial charge in [-0.2, -0.15) is 0 Å². The first kappa shape index (κ1) is 10.7. The molecule has 0 amide bonds. The summed E-state index contributed by atoms with van der Waals surface area (Å²) in [6.45, 7) is -0.108. The zero-order chi connectivity index (χ0) is 9.40. The first-order valence-electron chi connectivity index (χ1n) is 3.12. The van der Waals surface area contributed by atoms with Crippen molar-refractivity contribution in [2.75, 3.05) is 13.2 Å². The van der Waals surface area contributed by atoms with E-state index in [0.717, 1.165) is 0 Å². The summed E-state index contributed by atoms with van der Waals surface area (Å²) in [5, 5.41) is 0. The van der Waals surface area contributed by atoms with Gasteiger partial charge in [-0.05, 0) is 0 Å². The molecule has 6 nitrogen and oxygen atoms in total. The molecule has 0 saturated carbocycles. The third-order valence-corrected chi connectivity index (χ3v) is 0.856. The van der Waals surface area contributed by atoms with Gasteiger partial charge in [-0.3, -0.25) is 0 Å². The summed E-state index contributed by atoms with van der Waals surface area (Å²) < 4.78 is 17.1. The summed E-state index contributed by atoms with van der Waals surface area (Å²) in [5.41, 5.74) is 0. The van der Waals surface area contributed by atoms with E-state index in [2.05, 4.69) is 18.8 Å². The largest absolute Gasteiger partial charge is 0.513 e. The van der Waals surface area contributed by atoms with Crippen LogP contribution in [0.15, 0.2) is 0 Å².